The molecule has 2 N–H and O–H groups in total. The van der Waals surface area contributed by atoms with Gasteiger partial charge in [0.1, 0.15) is 6.10 Å². The number of benzene rings is 1. The van der Waals surface area contributed by atoms with Crippen molar-refractivity contribution in [2.45, 2.75) is 51.7 Å². The zero-order valence-corrected chi connectivity index (χ0v) is 11.4. The first-order valence-electron chi connectivity index (χ1n) is 7.20. The summed E-state index contributed by atoms with van der Waals surface area (Å²) in [5.41, 5.74) is 8.58. The Labute approximate surface area is 113 Å². The summed E-state index contributed by atoms with van der Waals surface area (Å²) in [6.07, 6.45) is 6.56. The van der Waals surface area contributed by atoms with Gasteiger partial charge in [0, 0.05) is 5.69 Å². The third kappa shape index (κ3) is 2.39. The van der Waals surface area contributed by atoms with E-state index in [1.165, 1.54) is 25.7 Å². The molecule has 2 aromatic rings. The first-order chi connectivity index (χ1) is 9.28. The Morgan fingerprint density at radius 1 is 1.37 bits per heavy atom. The molecule has 0 saturated carbocycles. The van der Waals surface area contributed by atoms with E-state index in [1.54, 1.807) is 0 Å². The van der Waals surface area contributed by atoms with Gasteiger partial charge < -0.3 is 10.5 Å². The highest BCUT2D eigenvalue weighted by atomic mass is 16.5. The molecule has 0 radical (unpaired) electrons. The third-order valence-electron chi connectivity index (χ3n) is 3.78. The minimum absolute atomic E-state index is 0.293. The Hall–Kier alpha value is -1.71. The summed E-state index contributed by atoms with van der Waals surface area (Å²) in [4.78, 5) is 4.51. The lowest BCUT2D eigenvalue weighted by molar-refractivity contribution is 0.209. The van der Waals surface area contributed by atoms with Crippen LogP contribution in [-0.2, 0) is 6.54 Å². The van der Waals surface area contributed by atoms with Crippen molar-refractivity contribution in [3.63, 3.8) is 0 Å². The molecule has 0 fully saturated rings. The third-order valence-corrected chi connectivity index (χ3v) is 3.78. The second-order valence-corrected chi connectivity index (χ2v) is 5.34. The fraction of sp³-hybridized carbons (Fsp3) is 0.533. The molecule has 0 amide bonds. The van der Waals surface area contributed by atoms with Crippen LogP contribution in [-0.4, -0.2) is 15.7 Å². The maximum absolute atomic E-state index is 5.92. The number of nitrogens with zero attached hydrogens (tertiary/aromatic N) is 2. The van der Waals surface area contributed by atoms with Crippen molar-refractivity contribution in [2.24, 2.45) is 0 Å². The van der Waals surface area contributed by atoms with Crippen LogP contribution in [0.2, 0.25) is 0 Å². The van der Waals surface area contributed by atoms with Crippen molar-refractivity contribution in [3.05, 3.63) is 18.2 Å². The van der Waals surface area contributed by atoms with Gasteiger partial charge in [-0.3, -0.25) is 4.57 Å². The average Bonchev–Trinajstić information content (AvgIpc) is 2.91. The van der Waals surface area contributed by atoms with Crippen molar-refractivity contribution in [2.75, 3.05) is 5.73 Å². The number of aromatic nitrogens is 2. The Kier molecular flexibility index (Phi) is 3.32. The van der Waals surface area contributed by atoms with Crippen LogP contribution in [0.3, 0.4) is 0 Å². The highest BCUT2D eigenvalue weighted by Crippen LogP contribution is 2.30. The number of unbranched alkanes of at least 4 members (excludes halogenated alkanes) is 3. The molecule has 0 bridgehead atoms. The SMILES string of the molecule is CCCCCCC1Cn2c(nc3cc(N)ccc32)O1. The maximum Gasteiger partial charge on any atom is 0.297 e. The van der Waals surface area contributed by atoms with Gasteiger partial charge >= 0.3 is 0 Å². The highest BCUT2D eigenvalue weighted by molar-refractivity contribution is 5.80. The van der Waals surface area contributed by atoms with Gasteiger partial charge in [-0.05, 0) is 31.0 Å². The van der Waals surface area contributed by atoms with Gasteiger partial charge in [0.25, 0.3) is 6.01 Å². The van der Waals surface area contributed by atoms with Gasteiger partial charge in [-0.25, -0.2) is 0 Å². The van der Waals surface area contributed by atoms with E-state index in [1.807, 2.05) is 18.2 Å². The summed E-state index contributed by atoms with van der Waals surface area (Å²) in [5.74, 6) is 0. The molecule has 1 aromatic carbocycles. The van der Waals surface area contributed by atoms with Gasteiger partial charge in [-0.15, -0.1) is 0 Å². The summed E-state index contributed by atoms with van der Waals surface area (Å²) >= 11 is 0. The monoisotopic (exact) mass is 259 g/mol. The number of nitrogen functional groups attached to an aromatic ring is 1. The lowest BCUT2D eigenvalue weighted by Gasteiger charge is -2.08. The zero-order valence-electron chi connectivity index (χ0n) is 11.4. The quantitative estimate of drug-likeness (QED) is 0.661. The Morgan fingerprint density at radius 3 is 3.11 bits per heavy atom. The topological polar surface area (TPSA) is 53.1 Å². The van der Waals surface area contributed by atoms with Gasteiger partial charge in [0.05, 0.1) is 17.6 Å². The lowest BCUT2D eigenvalue weighted by Crippen LogP contribution is -2.14. The van der Waals surface area contributed by atoms with Crippen molar-refractivity contribution >= 4 is 16.7 Å². The number of ether oxygens (including phenoxy) is 1. The van der Waals surface area contributed by atoms with Crippen molar-refractivity contribution in [1.82, 2.24) is 9.55 Å². The minimum atomic E-state index is 0.293. The van der Waals surface area contributed by atoms with Gasteiger partial charge in [-0.2, -0.15) is 4.98 Å². The fourth-order valence-corrected chi connectivity index (χ4v) is 2.73. The molecule has 1 aromatic heterocycles. The molecule has 4 heteroatoms. The van der Waals surface area contributed by atoms with E-state index in [0.29, 0.717) is 6.10 Å². The smallest absolute Gasteiger partial charge is 0.297 e. The standard InChI is InChI=1S/C15H21N3O/c1-2-3-4-5-6-12-10-18-14-8-7-11(16)9-13(14)17-15(18)19-12/h7-9,12H,2-6,10,16H2,1H3. The second kappa shape index (κ2) is 5.11. The Morgan fingerprint density at radius 2 is 2.26 bits per heavy atom. The Balaban J connectivity index is 1.68. The van der Waals surface area contributed by atoms with Crippen LogP contribution >= 0.6 is 0 Å². The number of nitrogens with two attached hydrogens (primary N) is 1. The zero-order chi connectivity index (χ0) is 13.2. The number of hydrogen-bond acceptors (Lipinski definition) is 3. The number of anilines is 1. The van der Waals surface area contributed by atoms with E-state index < -0.39 is 0 Å². The lowest BCUT2D eigenvalue weighted by atomic mass is 10.1. The van der Waals surface area contributed by atoms with Crippen LogP contribution in [0.15, 0.2) is 18.2 Å². The predicted molar refractivity (Wildman–Crippen MR) is 77.3 cm³/mol. The van der Waals surface area contributed by atoms with Crippen LogP contribution in [0.5, 0.6) is 6.01 Å². The summed E-state index contributed by atoms with van der Waals surface area (Å²) in [6.45, 7) is 3.15. The average molecular weight is 259 g/mol. The van der Waals surface area contributed by atoms with Crippen molar-refractivity contribution in [1.29, 1.82) is 0 Å². The maximum atomic E-state index is 5.92. The molecule has 1 atom stereocenters. The van der Waals surface area contributed by atoms with E-state index in [0.717, 1.165) is 35.7 Å². The molecule has 1 aliphatic heterocycles. The molecule has 1 aliphatic rings. The van der Waals surface area contributed by atoms with E-state index in [2.05, 4.69) is 16.5 Å². The normalized spacial score (nSPS) is 17.6. The molecular formula is C15H21N3O. The number of rotatable bonds is 5. The predicted octanol–water partition coefficient (Wildman–Crippen LogP) is 3.35. The number of imidazole rings is 1. The number of fused-ring (bicyclic) bond motifs is 3. The first kappa shape index (κ1) is 12.3. The fourth-order valence-electron chi connectivity index (χ4n) is 2.73. The van der Waals surface area contributed by atoms with Crippen LogP contribution in [0, 0.1) is 0 Å². The molecule has 102 valence electrons. The van der Waals surface area contributed by atoms with Crippen molar-refractivity contribution < 1.29 is 4.74 Å². The minimum Gasteiger partial charge on any atom is -0.459 e. The Bertz CT molecular complexity index is 576. The molecule has 2 heterocycles. The van der Waals surface area contributed by atoms with Crippen LogP contribution < -0.4 is 10.5 Å². The molecule has 4 nitrogen and oxygen atoms in total. The first-order valence-corrected chi connectivity index (χ1v) is 7.20. The largest absolute Gasteiger partial charge is 0.459 e. The van der Waals surface area contributed by atoms with E-state index >= 15 is 0 Å². The molecule has 0 saturated heterocycles. The highest BCUT2D eigenvalue weighted by Gasteiger charge is 2.25. The summed E-state index contributed by atoms with van der Waals surface area (Å²) in [5, 5.41) is 0. The molecular weight excluding hydrogens is 238 g/mol. The second-order valence-electron chi connectivity index (χ2n) is 5.34. The molecule has 3 rings (SSSR count). The molecule has 0 aliphatic carbocycles. The van der Waals surface area contributed by atoms with Gasteiger partial charge in [0.2, 0.25) is 0 Å². The molecule has 1 unspecified atom stereocenters. The van der Waals surface area contributed by atoms with Crippen LogP contribution in [0.25, 0.3) is 11.0 Å². The summed E-state index contributed by atoms with van der Waals surface area (Å²) < 4.78 is 8.09. The number of hydrogen-bond donors (Lipinski definition) is 1. The van der Waals surface area contributed by atoms with Crippen molar-refractivity contribution in [3.8, 4) is 6.01 Å². The van der Waals surface area contributed by atoms with Crippen LogP contribution in [0.1, 0.15) is 39.0 Å². The molecule has 0 spiro atoms. The van der Waals surface area contributed by atoms with E-state index in [-0.39, 0.29) is 0 Å². The van der Waals surface area contributed by atoms with Gasteiger partial charge in [0.15, 0.2) is 0 Å². The van der Waals surface area contributed by atoms with E-state index in [4.69, 9.17) is 10.5 Å². The van der Waals surface area contributed by atoms with E-state index in [9.17, 15) is 0 Å². The summed E-state index contributed by atoms with van der Waals surface area (Å²) in [6, 6.07) is 6.61. The summed E-state index contributed by atoms with van der Waals surface area (Å²) in [7, 11) is 0. The van der Waals surface area contributed by atoms with Gasteiger partial charge in [-0.1, -0.05) is 26.2 Å². The van der Waals surface area contributed by atoms with Crippen LogP contribution in [0.4, 0.5) is 5.69 Å². The molecule has 19 heavy (non-hydrogen) atoms.